The third kappa shape index (κ3) is 7.38. The van der Waals surface area contributed by atoms with E-state index in [1.54, 1.807) is 12.1 Å². The summed E-state index contributed by atoms with van der Waals surface area (Å²) in [7, 11) is 3.15. The minimum atomic E-state index is -0.459. The Morgan fingerprint density at radius 2 is 1.44 bits per heavy atom. The summed E-state index contributed by atoms with van der Waals surface area (Å²) >= 11 is 0. The maximum Gasteiger partial charge on any atom is 0.307 e. The Bertz CT molecular complexity index is 777. The number of nitro benzene ring substituents is 2. The Hall–Kier alpha value is -3.69. The lowest BCUT2D eigenvalue weighted by Gasteiger charge is -2.18. The largest absolute Gasteiger partial charge is 0.469 e. The second-order valence-corrected chi connectivity index (χ2v) is 5.37. The van der Waals surface area contributed by atoms with Gasteiger partial charge < -0.3 is 15.4 Å². The van der Waals surface area contributed by atoms with Gasteiger partial charge in [-0.15, -0.1) is 0 Å². The summed E-state index contributed by atoms with van der Waals surface area (Å²) in [4.78, 5) is 32.4. The molecule has 0 saturated heterocycles. The van der Waals surface area contributed by atoms with Crippen LogP contribution < -0.4 is 10.6 Å². The topological polar surface area (TPSA) is 142 Å². The number of nitrogen functional groups attached to an aromatic ring is 1. The molecule has 10 heteroatoms. The van der Waals surface area contributed by atoms with Gasteiger partial charge in [-0.05, 0) is 24.3 Å². The van der Waals surface area contributed by atoms with Gasteiger partial charge in [-0.1, -0.05) is 0 Å². The number of non-ortho nitro benzene ring substituents is 2. The first-order chi connectivity index (χ1) is 12.7. The van der Waals surface area contributed by atoms with Crippen molar-refractivity contribution >= 4 is 28.7 Å². The highest BCUT2D eigenvalue weighted by molar-refractivity contribution is 5.70. The Labute approximate surface area is 155 Å². The van der Waals surface area contributed by atoms with Crippen molar-refractivity contribution in [2.24, 2.45) is 0 Å². The number of hydrogen-bond acceptors (Lipinski definition) is 8. The smallest absolute Gasteiger partial charge is 0.307 e. The molecule has 0 unspecified atom stereocenters. The van der Waals surface area contributed by atoms with Crippen LogP contribution >= 0.6 is 0 Å². The van der Waals surface area contributed by atoms with E-state index < -0.39 is 9.85 Å². The van der Waals surface area contributed by atoms with Gasteiger partial charge in [0.15, 0.2) is 0 Å². The van der Waals surface area contributed by atoms with Gasteiger partial charge in [0, 0.05) is 49.2 Å². The van der Waals surface area contributed by atoms with Crippen molar-refractivity contribution in [1.82, 2.24) is 0 Å². The molecule has 0 aliphatic carbocycles. The van der Waals surface area contributed by atoms with E-state index >= 15 is 0 Å². The van der Waals surface area contributed by atoms with Gasteiger partial charge >= 0.3 is 5.97 Å². The number of ether oxygens (including phenoxy) is 1. The molecule has 144 valence electrons. The molecule has 0 aliphatic rings. The molecule has 10 nitrogen and oxygen atoms in total. The lowest BCUT2D eigenvalue weighted by atomic mass is 10.2. The van der Waals surface area contributed by atoms with E-state index in [1.807, 2.05) is 11.9 Å². The van der Waals surface area contributed by atoms with E-state index in [2.05, 4.69) is 4.74 Å². The standard InChI is InChI=1S/C11H14N2O4.C6H6N2O2/c1-12(8-7-11(14)17-2)9-3-5-10(6-4-9)13(15)16;7-5-1-3-6(4-2-5)8(9)10/h3-6H,7-8H2,1-2H3;1-4H,7H2. The molecule has 0 aliphatic heterocycles. The van der Waals surface area contributed by atoms with Crippen LogP contribution in [0.4, 0.5) is 22.7 Å². The number of esters is 1. The van der Waals surface area contributed by atoms with E-state index in [0.717, 1.165) is 5.69 Å². The number of carbonyl (C=O) groups is 1. The number of nitrogens with two attached hydrogens (primary N) is 1. The van der Waals surface area contributed by atoms with Crippen molar-refractivity contribution in [2.45, 2.75) is 6.42 Å². The highest BCUT2D eigenvalue weighted by Crippen LogP contribution is 2.18. The van der Waals surface area contributed by atoms with E-state index in [1.165, 1.54) is 43.5 Å². The molecular formula is C17H20N4O6. The molecule has 2 N–H and O–H groups in total. The first kappa shape index (κ1) is 21.4. The van der Waals surface area contributed by atoms with Crippen LogP contribution in [0.5, 0.6) is 0 Å². The molecule has 2 aromatic rings. The molecular weight excluding hydrogens is 356 g/mol. The SMILES string of the molecule is COC(=O)CCN(C)c1ccc([N+](=O)[O-])cc1.Nc1ccc([N+](=O)[O-])cc1. The minimum Gasteiger partial charge on any atom is -0.469 e. The number of rotatable bonds is 6. The molecule has 2 rings (SSSR count). The fourth-order valence-corrected chi connectivity index (χ4v) is 1.92. The predicted octanol–water partition coefficient (Wildman–Crippen LogP) is 2.77. The van der Waals surface area contributed by atoms with Crippen LogP contribution in [0.3, 0.4) is 0 Å². The lowest BCUT2D eigenvalue weighted by Crippen LogP contribution is -2.21. The number of nitrogens with zero attached hydrogens (tertiary/aromatic N) is 3. The fourth-order valence-electron chi connectivity index (χ4n) is 1.92. The Kier molecular flexibility index (Phi) is 8.17. The number of carbonyl (C=O) groups excluding carboxylic acids is 1. The van der Waals surface area contributed by atoms with Crippen molar-refractivity contribution in [1.29, 1.82) is 0 Å². The average Bonchev–Trinajstić information content (AvgIpc) is 2.66. The molecule has 0 aromatic heterocycles. The van der Waals surface area contributed by atoms with E-state index in [9.17, 15) is 25.0 Å². The first-order valence-electron chi connectivity index (χ1n) is 7.77. The molecule has 2 aromatic carbocycles. The summed E-state index contributed by atoms with van der Waals surface area (Å²) < 4.78 is 4.53. The summed E-state index contributed by atoms with van der Waals surface area (Å²) in [6.45, 7) is 0.504. The first-order valence-corrected chi connectivity index (χ1v) is 7.77. The van der Waals surface area contributed by atoms with Gasteiger partial charge in [0.1, 0.15) is 0 Å². The van der Waals surface area contributed by atoms with Crippen LogP contribution in [-0.4, -0.2) is 36.5 Å². The van der Waals surface area contributed by atoms with Gasteiger partial charge in [0.25, 0.3) is 11.4 Å². The maximum atomic E-state index is 11.0. The normalized spacial score (nSPS) is 9.56. The Morgan fingerprint density at radius 1 is 1.00 bits per heavy atom. The maximum absolute atomic E-state index is 11.0. The van der Waals surface area contributed by atoms with Crippen LogP contribution in [0.2, 0.25) is 0 Å². The molecule has 0 saturated carbocycles. The van der Waals surface area contributed by atoms with Gasteiger partial charge in [0.05, 0.1) is 23.4 Å². The van der Waals surface area contributed by atoms with Gasteiger partial charge in [-0.25, -0.2) is 0 Å². The Balaban J connectivity index is 0.000000309. The van der Waals surface area contributed by atoms with Crippen molar-refractivity contribution in [3.05, 3.63) is 68.8 Å². The van der Waals surface area contributed by atoms with Gasteiger partial charge in [0.2, 0.25) is 0 Å². The number of nitro groups is 2. The number of methoxy groups -OCH3 is 1. The quantitative estimate of drug-likeness (QED) is 0.351. The zero-order chi connectivity index (χ0) is 20.4. The summed E-state index contributed by atoms with van der Waals surface area (Å²) in [5.74, 6) is -0.279. The van der Waals surface area contributed by atoms with Crippen LogP contribution in [0.25, 0.3) is 0 Å². The Morgan fingerprint density at radius 3 is 1.85 bits per heavy atom. The predicted molar refractivity (Wildman–Crippen MR) is 101 cm³/mol. The van der Waals surface area contributed by atoms with E-state index in [-0.39, 0.29) is 23.8 Å². The molecule has 27 heavy (non-hydrogen) atoms. The number of benzene rings is 2. The molecule has 0 bridgehead atoms. The molecule has 0 radical (unpaired) electrons. The average molecular weight is 376 g/mol. The molecule has 0 amide bonds. The lowest BCUT2D eigenvalue weighted by molar-refractivity contribution is -0.385. The zero-order valence-electron chi connectivity index (χ0n) is 14.9. The van der Waals surface area contributed by atoms with Crippen molar-refractivity contribution in [3.63, 3.8) is 0 Å². The summed E-state index contributed by atoms with van der Waals surface area (Å²) in [5.41, 5.74) is 6.77. The van der Waals surface area contributed by atoms with Crippen molar-refractivity contribution in [2.75, 3.05) is 31.3 Å². The molecule has 0 spiro atoms. The molecule has 0 heterocycles. The van der Waals surface area contributed by atoms with Crippen LogP contribution in [0.1, 0.15) is 6.42 Å². The number of hydrogen-bond donors (Lipinski definition) is 1. The minimum absolute atomic E-state index is 0.0510. The molecule has 0 fully saturated rings. The highest BCUT2D eigenvalue weighted by atomic mass is 16.6. The monoisotopic (exact) mass is 376 g/mol. The van der Waals surface area contributed by atoms with Gasteiger partial charge in [-0.2, -0.15) is 0 Å². The van der Waals surface area contributed by atoms with Crippen LogP contribution in [-0.2, 0) is 9.53 Å². The van der Waals surface area contributed by atoms with Crippen molar-refractivity contribution < 1.29 is 19.4 Å². The molecule has 0 atom stereocenters. The summed E-state index contributed by atoms with van der Waals surface area (Å²) in [5, 5.41) is 20.5. The highest BCUT2D eigenvalue weighted by Gasteiger charge is 2.08. The number of anilines is 2. The van der Waals surface area contributed by atoms with Crippen molar-refractivity contribution in [3.8, 4) is 0 Å². The summed E-state index contributed by atoms with van der Waals surface area (Å²) in [6.07, 6.45) is 0.282. The van der Waals surface area contributed by atoms with E-state index in [4.69, 9.17) is 5.73 Å². The van der Waals surface area contributed by atoms with Gasteiger partial charge in [-0.3, -0.25) is 25.0 Å². The third-order valence-corrected chi connectivity index (χ3v) is 3.48. The van der Waals surface area contributed by atoms with E-state index in [0.29, 0.717) is 12.2 Å². The second kappa shape index (κ2) is 10.3. The van der Waals surface area contributed by atoms with Crippen LogP contribution in [0, 0.1) is 20.2 Å². The zero-order valence-corrected chi connectivity index (χ0v) is 14.9. The summed E-state index contributed by atoms with van der Waals surface area (Å²) in [6, 6.07) is 11.9. The third-order valence-electron chi connectivity index (χ3n) is 3.48. The van der Waals surface area contributed by atoms with Crippen LogP contribution in [0.15, 0.2) is 48.5 Å². The second-order valence-electron chi connectivity index (χ2n) is 5.37. The fraction of sp³-hybridized carbons (Fsp3) is 0.235.